The molecule has 2 atom stereocenters. The smallest absolute Gasteiger partial charge is 0.264 e. The third-order valence-electron chi connectivity index (χ3n) is 4.61. The van der Waals surface area contributed by atoms with Gasteiger partial charge < -0.3 is 15.6 Å². The maximum absolute atomic E-state index is 12.3. The average Bonchev–Trinajstić information content (AvgIpc) is 2.63. The van der Waals surface area contributed by atoms with E-state index in [9.17, 15) is 9.90 Å². The highest BCUT2D eigenvalue weighted by Crippen LogP contribution is 2.23. The molecule has 1 aromatic heterocycles. The van der Waals surface area contributed by atoms with E-state index in [1.165, 1.54) is 10.8 Å². The summed E-state index contributed by atoms with van der Waals surface area (Å²) in [5.41, 5.74) is 6.24. The van der Waals surface area contributed by atoms with Gasteiger partial charge in [0.2, 0.25) is 5.88 Å². The van der Waals surface area contributed by atoms with Crippen LogP contribution in [0.25, 0.3) is 5.69 Å². The molecule has 1 heterocycles. The number of benzene rings is 1. The largest absolute Gasteiger partial charge is 0.497 e. The molecule has 0 saturated heterocycles. The van der Waals surface area contributed by atoms with Crippen LogP contribution in [0.3, 0.4) is 0 Å². The first-order valence-corrected chi connectivity index (χ1v) is 8.93. The van der Waals surface area contributed by atoms with Crippen molar-refractivity contribution in [3.05, 3.63) is 45.0 Å². The van der Waals surface area contributed by atoms with E-state index in [0.717, 1.165) is 25.7 Å². The summed E-state index contributed by atoms with van der Waals surface area (Å²) in [6.45, 7) is 0. The van der Waals surface area contributed by atoms with Gasteiger partial charge in [0.15, 0.2) is 4.77 Å². The minimum Gasteiger partial charge on any atom is -0.497 e. The van der Waals surface area contributed by atoms with Gasteiger partial charge in [-0.2, -0.15) is 0 Å². The molecule has 1 aromatic carbocycles. The number of nitrogens with two attached hydrogens (primary N) is 1. The Labute approximate surface area is 156 Å². The summed E-state index contributed by atoms with van der Waals surface area (Å²) in [6, 6.07) is 6.96. The number of aromatic hydroxyl groups is 1. The lowest BCUT2D eigenvalue weighted by molar-refractivity contribution is 0.387. The Kier molecular flexibility index (Phi) is 5.53. The number of aromatic amines is 1. The molecule has 7 nitrogen and oxygen atoms in total. The van der Waals surface area contributed by atoms with Crippen LogP contribution in [0.15, 0.2) is 34.1 Å². The summed E-state index contributed by atoms with van der Waals surface area (Å²) in [7, 11) is 1.55. The Bertz CT molecular complexity index is 935. The first kappa shape index (κ1) is 18.3. The van der Waals surface area contributed by atoms with E-state index < -0.39 is 5.56 Å². The van der Waals surface area contributed by atoms with Crippen molar-refractivity contribution in [1.29, 1.82) is 0 Å². The lowest BCUT2D eigenvalue weighted by atomic mass is 9.91. The molecule has 4 N–H and O–H groups in total. The van der Waals surface area contributed by atoms with E-state index in [2.05, 4.69) is 9.98 Å². The molecule has 8 heteroatoms. The summed E-state index contributed by atoms with van der Waals surface area (Å²) in [6.07, 6.45) is 5.35. The predicted octanol–water partition coefficient (Wildman–Crippen LogP) is 2.30. The molecule has 0 bridgehead atoms. The van der Waals surface area contributed by atoms with E-state index in [-0.39, 0.29) is 28.3 Å². The average molecular weight is 374 g/mol. The van der Waals surface area contributed by atoms with Gasteiger partial charge in [-0.3, -0.25) is 19.3 Å². The van der Waals surface area contributed by atoms with Crippen LogP contribution in [0, 0.1) is 4.77 Å². The van der Waals surface area contributed by atoms with Gasteiger partial charge >= 0.3 is 0 Å². The molecule has 0 radical (unpaired) electrons. The molecule has 0 amide bonds. The van der Waals surface area contributed by atoms with Crippen molar-refractivity contribution in [3.63, 3.8) is 0 Å². The number of rotatable bonds is 4. The van der Waals surface area contributed by atoms with Crippen LogP contribution in [0.2, 0.25) is 0 Å². The molecular weight excluding hydrogens is 352 g/mol. The molecule has 26 heavy (non-hydrogen) atoms. The summed E-state index contributed by atoms with van der Waals surface area (Å²) >= 11 is 5.22. The maximum atomic E-state index is 12.3. The van der Waals surface area contributed by atoms with E-state index in [1.54, 1.807) is 31.4 Å². The number of nitrogens with zero attached hydrogens (tertiary/aromatic N) is 2. The highest BCUT2D eigenvalue weighted by Gasteiger charge is 2.21. The number of H-pyrrole nitrogens is 1. The number of hydrogen-bond donors (Lipinski definition) is 3. The molecule has 0 unspecified atom stereocenters. The first-order chi connectivity index (χ1) is 12.5. The topological polar surface area (TPSA) is 106 Å². The standard InChI is InChI=1S/C18H22N4O3S/c1-25-12-6-4-5-11(9-12)22-17(24)13(16(23)21-18(22)26)10-20-15-8-3-2-7-14(15)19/h4-6,9-10,14-15,24H,2-3,7-8,19H2,1H3,(H,21,23,26)/t14-,15+/m0/s1. The zero-order valence-electron chi connectivity index (χ0n) is 14.5. The molecule has 0 spiro atoms. The predicted molar refractivity (Wildman–Crippen MR) is 103 cm³/mol. The van der Waals surface area contributed by atoms with Gasteiger partial charge in [0.1, 0.15) is 11.3 Å². The Balaban J connectivity index is 2.04. The number of hydrogen-bond acceptors (Lipinski definition) is 6. The van der Waals surface area contributed by atoms with E-state index in [0.29, 0.717) is 11.4 Å². The van der Waals surface area contributed by atoms with Crippen LogP contribution >= 0.6 is 12.2 Å². The highest BCUT2D eigenvalue weighted by molar-refractivity contribution is 7.71. The van der Waals surface area contributed by atoms with Crippen LogP contribution in [0.1, 0.15) is 31.2 Å². The van der Waals surface area contributed by atoms with Crippen molar-refractivity contribution >= 4 is 18.4 Å². The lowest BCUT2D eigenvalue weighted by Crippen LogP contribution is -2.36. The summed E-state index contributed by atoms with van der Waals surface area (Å²) in [5, 5.41) is 10.7. The second-order valence-corrected chi connectivity index (χ2v) is 6.71. The van der Waals surface area contributed by atoms with Crippen molar-refractivity contribution in [1.82, 2.24) is 9.55 Å². The fraction of sp³-hybridized carbons (Fsp3) is 0.389. The van der Waals surface area contributed by atoms with Gasteiger partial charge in [0, 0.05) is 18.3 Å². The van der Waals surface area contributed by atoms with Gasteiger partial charge in [-0.1, -0.05) is 18.9 Å². The molecule has 138 valence electrons. The minimum absolute atomic E-state index is 0.0232. The normalized spacial score (nSPS) is 20.4. The highest BCUT2D eigenvalue weighted by atomic mass is 32.1. The van der Waals surface area contributed by atoms with Gasteiger partial charge in [0.25, 0.3) is 5.56 Å². The molecule has 1 aliphatic carbocycles. The van der Waals surface area contributed by atoms with Gasteiger partial charge in [-0.05, 0) is 37.2 Å². The first-order valence-electron chi connectivity index (χ1n) is 8.52. The van der Waals surface area contributed by atoms with Gasteiger partial charge in [-0.25, -0.2) is 0 Å². The van der Waals surface area contributed by atoms with Crippen LogP contribution in [0.4, 0.5) is 0 Å². The quantitative estimate of drug-likeness (QED) is 0.562. The van der Waals surface area contributed by atoms with E-state index in [1.807, 2.05) is 0 Å². The van der Waals surface area contributed by atoms with Crippen LogP contribution in [-0.2, 0) is 0 Å². The number of methoxy groups -OCH3 is 1. The Morgan fingerprint density at radius 2 is 2.19 bits per heavy atom. The van der Waals surface area contributed by atoms with Crippen molar-refractivity contribution in [2.24, 2.45) is 10.7 Å². The summed E-state index contributed by atoms with van der Waals surface area (Å²) in [4.78, 5) is 19.3. The van der Waals surface area contributed by atoms with Crippen LogP contribution < -0.4 is 16.0 Å². The van der Waals surface area contributed by atoms with E-state index in [4.69, 9.17) is 22.7 Å². The zero-order chi connectivity index (χ0) is 18.7. The zero-order valence-corrected chi connectivity index (χ0v) is 15.3. The lowest BCUT2D eigenvalue weighted by Gasteiger charge is -2.25. The third-order valence-corrected chi connectivity index (χ3v) is 4.89. The SMILES string of the molecule is COc1cccc(-n2c(O)c(C=N[C@@H]3CCCC[C@@H]3N)c(=O)[nH]c2=S)c1. The van der Waals surface area contributed by atoms with Gasteiger partial charge in [0.05, 0.1) is 18.8 Å². The molecule has 2 aromatic rings. The molecule has 0 aliphatic heterocycles. The van der Waals surface area contributed by atoms with Crippen molar-refractivity contribution < 1.29 is 9.84 Å². The number of aliphatic imine (C=N–C) groups is 1. The molecule has 1 fully saturated rings. The second-order valence-electron chi connectivity index (χ2n) is 6.33. The Morgan fingerprint density at radius 1 is 1.42 bits per heavy atom. The van der Waals surface area contributed by atoms with E-state index >= 15 is 0 Å². The fourth-order valence-corrected chi connectivity index (χ4v) is 3.42. The molecule has 1 saturated carbocycles. The van der Waals surface area contributed by atoms with Crippen LogP contribution in [0.5, 0.6) is 11.6 Å². The number of ether oxygens (including phenoxy) is 1. The fourth-order valence-electron chi connectivity index (χ4n) is 3.14. The molecular formula is C18H22N4O3S. The second kappa shape index (κ2) is 7.84. The van der Waals surface area contributed by atoms with Crippen molar-refractivity contribution in [3.8, 4) is 17.3 Å². The number of aromatic nitrogens is 2. The maximum Gasteiger partial charge on any atom is 0.264 e. The summed E-state index contributed by atoms with van der Waals surface area (Å²) < 4.78 is 6.67. The summed E-state index contributed by atoms with van der Waals surface area (Å²) in [5.74, 6) is 0.346. The molecule has 1 aliphatic rings. The number of nitrogens with one attached hydrogen (secondary N) is 1. The Morgan fingerprint density at radius 3 is 2.92 bits per heavy atom. The van der Waals surface area contributed by atoms with Gasteiger partial charge in [-0.15, -0.1) is 0 Å². The van der Waals surface area contributed by atoms with Crippen molar-refractivity contribution in [2.75, 3.05) is 7.11 Å². The Hall–Kier alpha value is -2.45. The molecule has 3 rings (SSSR count). The third kappa shape index (κ3) is 3.71. The van der Waals surface area contributed by atoms with Crippen LogP contribution in [-0.4, -0.2) is 40.1 Å². The van der Waals surface area contributed by atoms with Crippen molar-refractivity contribution in [2.45, 2.75) is 37.8 Å². The minimum atomic E-state index is -0.486. The monoisotopic (exact) mass is 374 g/mol.